The number of piperidine rings is 1. The van der Waals surface area contributed by atoms with E-state index >= 15 is 0 Å². The van der Waals surface area contributed by atoms with Gasteiger partial charge < -0.3 is 10.4 Å². The van der Waals surface area contributed by atoms with E-state index in [-0.39, 0.29) is 5.60 Å². The van der Waals surface area contributed by atoms with Crippen molar-refractivity contribution in [3.05, 3.63) is 0 Å². The van der Waals surface area contributed by atoms with Crippen molar-refractivity contribution in [2.75, 3.05) is 6.54 Å². The Hall–Kier alpha value is -0.0800. The third-order valence-electron chi connectivity index (χ3n) is 3.98. The normalized spacial score (nSPS) is 46.6. The quantitative estimate of drug-likeness (QED) is 0.648. The van der Waals surface area contributed by atoms with Crippen LogP contribution in [0.4, 0.5) is 0 Å². The van der Waals surface area contributed by atoms with Crippen LogP contribution in [-0.4, -0.2) is 23.3 Å². The van der Waals surface area contributed by atoms with Crippen LogP contribution in [0.15, 0.2) is 0 Å². The second kappa shape index (κ2) is 3.58. The van der Waals surface area contributed by atoms with Gasteiger partial charge in [0.25, 0.3) is 0 Å². The Morgan fingerprint density at radius 2 is 2.08 bits per heavy atom. The maximum Gasteiger partial charge on any atom is 0.0825 e. The summed E-state index contributed by atoms with van der Waals surface area (Å²) in [5, 5.41) is 14.0. The second-order valence-electron chi connectivity index (χ2n) is 4.79. The average Bonchev–Trinajstić information content (AvgIpc) is 2.50. The first kappa shape index (κ1) is 9.47. The van der Waals surface area contributed by atoms with E-state index < -0.39 is 0 Å². The summed E-state index contributed by atoms with van der Waals surface area (Å²) in [5.41, 5.74) is -0.388. The Labute approximate surface area is 80.7 Å². The fourth-order valence-corrected chi connectivity index (χ4v) is 2.98. The Morgan fingerprint density at radius 1 is 1.23 bits per heavy atom. The summed E-state index contributed by atoms with van der Waals surface area (Å²) in [5.74, 6) is 0.489. The van der Waals surface area contributed by atoms with Gasteiger partial charge in [0.15, 0.2) is 0 Å². The molecule has 1 aliphatic heterocycles. The highest BCUT2D eigenvalue weighted by atomic mass is 16.3. The lowest BCUT2D eigenvalue weighted by Crippen LogP contribution is -2.54. The fourth-order valence-electron chi connectivity index (χ4n) is 2.98. The van der Waals surface area contributed by atoms with Crippen molar-refractivity contribution in [2.45, 2.75) is 57.1 Å². The molecule has 3 unspecified atom stereocenters. The summed E-state index contributed by atoms with van der Waals surface area (Å²) in [6.07, 6.45) is 7.14. The molecule has 2 nitrogen and oxygen atoms in total. The molecule has 0 radical (unpaired) electrons. The van der Waals surface area contributed by atoms with Crippen molar-refractivity contribution in [3.63, 3.8) is 0 Å². The minimum Gasteiger partial charge on any atom is -0.388 e. The monoisotopic (exact) mass is 183 g/mol. The highest BCUT2D eigenvalue weighted by molar-refractivity contribution is 5.00. The van der Waals surface area contributed by atoms with Gasteiger partial charge in [0, 0.05) is 6.04 Å². The molecular weight excluding hydrogens is 162 g/mol. The van der Waals surface area contributed by atoms with E-state index in [1.165, 1.54) is 32.1 Å². The van der Waals surface area contributed by atoms with Crippen molar-refractivity contribution in [1.82, 2.24) is 5.32 Å². The minimum atomic E-state index is -0.388. The van der Waals surface area contributed by atoms with E-state index in [4.69, 9.17) is 0 Å². The zero-order chi connectivity index (χ0) is 9.31. The van der Waals surface area contributed by atoms with E-state index in [0.717, 1.165) is 13.0 Å². The molecule has 0 amide bonds. The molecule has 0 aromatic heterocycles. The predicted octanol–water partition coefficient (Wildman–Crippen LogP) is 1.68. The molecule has 76 valence electrons. The van der Waals surface area contributed by atoms with Crippen LogP contribution < -0.4 is 5.32 Å². The Bertz CT molecular complexity index is 177. The summed E-state index contributed by atoms with van der Waals surface area (Å²) in [6, 6.07) is 0.374. The Kier molecular flexibility index (Phi) is 2.61. The van der Waals surface area contributed by atoms with Gasteiger partial charge in [-0.15, -0.1) is 0 Å². The van der Waals surface area contributed by atoms with Gasteiger partial charge in [0.2, 0.25) is 0 Å². The molecule has 2 N–H and O–H groups in total. The highest BCUT2D eigenvalue weighted by Crippen LogP contribution is 2.39. The molecule has 1 heterocycles. The molecule has 2 aliphatic rings. The molecule has 3 atom stereocenters. The van der Waals surface area contributed by atoms with Gasteiger partial charge in [-0.1, -0.05) is 19.8 Å². The number of aliphatic hydroxyl groups is 1. The number of hydrogen-bond acceptors (Lipinski definition) is 2. The molecule has 0 aromatic carbocycles. The van der Waals surface area contributed by atoms with Crippen LogP contribution >= 0.6 is 0 Å². The first-order valence-electron chi connectivity index (χ1n) is 5.69. The van der Waals surface area contributed by atoms with Gasteiger partial charge in [-0.25, -0.2) is 0 Å². The first-order chi connectivity index (χ1) is 6.23. The standard InChI is InChI=1S/C11H21NO/c1-9-5-4-7-11(9,13)10-6-2-3-8-12-10/h9-10,12-13H,2-8H2,1H3. The van der Waals surface area contributed by atoms with Crippen LogP contribution in [-0.2, 0) is 0 Å². The largest absolute Gasteiger partial charge is 0.388 e. The average molecular weight is 183 g/mol. The van der Waals surface area contributed by atoms with Crippen molar-refractivity contribution in [3.8, 4) is 0 Å². The Morgan fingerprint density at radius 3 is 2.62 bits per heavy atom. The number of nitrogens with one attached hydrogen (secondary N) is 1. The van der Waals surface area contributed by atoms with E-state index in [1.54, 1.807) is 0 Å². The van der Waals surface area contributed by atoms with Crippen molar-refractivity contribution in [1.29, 1.82) is 0 Å². The minimum absolute atomic E-state index is 0.374. The smallest absolute Gasteiger partial charge is 0.0825 e. The lowest BCUT2D eigenvalue weighted by Gasteiger charge is -2.39. The van der Waals surface area contributed by atoms with Gasteiger partial charge in [-0.3, -0.25) is 0 Å². The van der Waals surface area contributed by atoms with E-state index in [1.807, 2.05) is 0 Å². The summed E-state index contributed by atoms with van der Waals surface area (Å²) in [6.45, 7) is 3.29. The molecule has 2 rings (SSSR count). The molecule has 0 spiro atoms. The van der Waals surface area contributed by atoms with Crippen LogP contribution in [0.25, 0.3) is 0 Å². The number of rotatable bonds is 1. The molecule has 2 fully saturated rings. The SMILES string of the molecule is CC1CCCC1(O)C1CCCCN1. The molecule has 2 heteroatoms. The van der Waals surface area contributed by atoms with Crippen molar-refractivity contribution < 1.29 is 5.11 Å². The maximum atomic E-state index is 10.5. The van der Waals surface area contributed by atoms with Crippen molar-refractivity contribution >= 4 is 0 Å². The maximum absolute atomic E-state index is 10.5. The van der Waals surface area contributed by atoms with E-state index in [0.29, 0.717) is 12.0 Å². The zero-order valence-corrected chi connectivity index (χ0v) is 8.55. The van der Waals surface area contributed by atoms with Gasteiger partial charge in [0.1, 0.15) is 0 Å². The van der Waals surface area contributed by atoms with Crippen LogP contribution in [0.3, 0.4) is 0 Å². The van der Waals surface area contributed by atoms with Crippen LogP contribution in [0.1, 0.15) is 45.4 Å². The fraction of sp³-hybridized carbons (Fsp3) is 1.00. The summed E-state index contributed by atoms with van der Waals surface area (Å²) in [4.78, 5) is 0. The topological polar surface area (TPSA) is 32.3 Å². The van der Waals surface area contributed by atoms with Gasteiger partial charge in [-0.2, -0.15) is 0 Å². The molecular formula is C11H21NO. The summed E-state index contributed by atoms with van der Waals surface area (Å²) >= 11 is 0. The van der Waals surface area contributed by atoms with E-state index in [9.17, 15) is 5.11 Å². The molecule has 0 aromatic rings. The molecule has 13 heavy (non-hydrogen) atoms. The third kappa shape index (κ3) is 1.62. The second-order valence-corrected chi connectivity index (χ2v) is 4.79. The van der Waals surface area contributed by atoms with Crippen LogP contribution in [0, 0.1) is 5.92 Å². The third-order valence-corrected chi connectivity index (χ3v) is 3.98. The van der Waals surface area contributed by atoms with Gasteiger partial charge >= 0.3 is 0 Å². The summed E-state index contributed by atoms with van der Waals surface area (Å²) in [7, 11) is 0. The number of hydrogen-bond donors (Lipinski definition) is 2. The summed E-state index contributed by atoms with van der Waals surface area (Å²) < 4.78 is 0. The van der Waals surface area contributed by atoms with Crippen molar-refractivity contribution in [2.24, 2.45) is 5.92 Å². The molecule has 0 bridgehead atoms. The molecule has 1 aliphatic carbocycles. The molecule has 1 saturated heterocycles. The Balaban J connectivity index is 2.03. The van der Waals surface area contributed by atoms with E-state index in [2.05, 4.69) is 12.2 Å². The van der Waals surface area contributed by atoms with Gasteiger partial charge in [0.05, 0.1) is 5.60 Å². The lowest BCUT2D eigenvalue weighted by atomic mass is 9.81. The van der Waals surface area contributed by atoms with Gasteiger partial charge in [-0.05, 0) is 38.1 Å². The zero-order valence-electron chi connectivity index (χ0n) is 8.55. The van der Waals surface area contributed by atoms with Crippen LogP contribution in [0.5, 0.6) is 0 Å². The lowest BCUT2D eigenvalue weighted by molar-refractivity contribution is -0.0341. The predicted molar refractivity (Wildman–Crippen MR) is 53.6 cm³/mol. The molecule has 1 saturated carbocycles. The van der Waals surface area contributed by atoms with Crippen LogP contribution in [0.2, 0.25) is 0 Å². The first-order valence-corrected chi connectivity index (χ1v) is 5.69. The highest BCUT2D eigenvalue weighted by Gasteiger charge is 2.44.